The highest BCUT2D eigenvalue weighted by molar-refractivity contribution is 9.10. The van der Waals surface area contributed by atoms with Gasteiger partial charge in [0.2, 0.25) is 5.91 Å². The lowest BCUT2D eigenvalue weighted by Gasteiger charge is -2.14. The van der Waals surface area contributed by atoms with E-state index in [9.17, 15) is 9.90 Å². The molecule has 0 aliphatic heterocycles. The van der Waals surface area contributed by atoms with Crippen LogP contribution < -0.4 is 5.32 Å². The van der Waals surface area contributed by atoms with Crippen molar-refractivity contribution >= 4 is 33.2 Å². The molecule has 1 aromatic heterocycles. The molecule has 2 N–H and O–H groups in total. The van der Waals surface area contributed by atoms with Gasteiger partial charge in [0.05, 0.1) is 6.10 Å². The van der Waals surface area contributed by atoms with Gasteiger partial charge in [-0.05, 0) is 47.7 Å². The quantitative estimate of drug-likeness (QED) is 0.805. The third kappa shape index (κ3) is 6.52. The molecule has 2 unspecified atom stereocenters. The Bertz CT molecular complexity index is 379. The third-order valence-electron chi connectivity index (χ3n) is 2.61. The smallest absolute Gasteiger partial charge is 0.220 e. The summed E-state index contributed by atoms with van der Waals surface area (Å²) in [6.45, 7) is 4.44. The zero-order valence-corrected chi connectivity index (χ0v) is 13.2. The number of aliphatic hydroxyl groups is 1. The van der Waals surface area contributed by atoms with Crippen molar-refractivity contribution < 1.29 is 9.90 Å². The Morgan fingerprint density at radius 3 is 2.83 bits per heavy atom. The van der Waals surface area contributed by atoms with Crippen molar-refractivity contribution in [2.45, 2.75) is 39.2 Å². The van der Waals surface area contributed by atoms with E-state index in [4.69, 9.17) is 0 Å². The molecule has 0 radical (unpaired) electrons. The Labute approximate surface area is 121 Å². The Morgan fingerprint density at radius 1 is 1.56 bits per heavy atom. The van der Waals surface area contributed by atoms with Crippen LogP contribution in [0.25, 0.3) is 0 Å². The summed E-state index contributed by atoms with van der Waals surface area (Å²) >= 11 is 5.06. The summed E-state index contributed by atoms with van der Waals surface area (Å²) in [5.74, 6) is 0.391. The maximum Gasteiger partial charge on any atom is 0.220 e. The summed E-state index contributed by atoms with van der Waals surface area (Å²) in [6, 6.07) is 2.05. The number of nitrogens with one attached hydrogen (secondary N) is 1. The van der Waals surface area contributed by atoms with E-state index in [1.54, 1.807) is 18.3 Å². The molecular weight excluding hydrogens is 314 g/mol. The van der Waals surface area contributed by atoms with Crippen molar-refractivity contribution in [2.75, 3.05) is 6.54 Å². The summed E-state index contributed by atoms with van der Waals surface area (Å²) < 4.78 is 1.08. The number of rotatable bonds is 7. The van der Waals surface area contributed by atoms with Gasteiger partial charge < -0.3 is 10.4 Å². The van der Waals surface area contributed by atoms with Gasteiger partial charge in [0.25, 0.3) is 0 Å². The molecule has 0 fully saturated rings. The molecular formula is C13H20BrNO2S. The second-order valence-electron chi connectivity index (χ2n) is 4.73. The average molecular weight is 334 g/mol. The van der Waals surface area contributed by atoms with Crippen LogP contribution in [0.5, 0.6) is 0 Å². The largest absolute Gasteiger partial charge is 0.393 e. The van der Waals surface area contributed by atoms with Crippen LogP contribution in [0.2, 0.25) is 0 Å². The molecule has 2 atom stereocenters. The molecule has 1 aromatic rings. The molecule has 3 nitrogen and oxygen atoms in total. The molecule has 1 heterocycles. The van der Waals surface area contributed by atoms with Gasteiger partial charge >= 0.3 is 0 Å². The molecule has 0 bridgehead atoms. The fourth-order valence-electron chi connectivity index (χ4n) is 1.76. The highest BCUT2D eigenvalue weighted by atomic mass is 79.9. The lowest BCUT2D eigenvalue weighted by atomic mass is 10.0. The number of hydrogen-bond donors (Lipinski definition) is 2. The zero-order chi connectivity index (χ0) is 13.5. The number of halogens is 1. The number of aryl methyl sites for hydroxylation is 1. The molecule has 0 saturated carbocycles. The Balaban J connectivity index is 2.18. The van der Waals surface area contributed by atoms with Gasteiger partial charge in [-0.15, -0.1) is 11.3 Å². The molecule has 0 aliphatic carbocycles. The van der Waals surface area contributed by atoms with Gasteiger partial charge in [0.15, 0.2) is 0 Å². The summed E-state index contributed by atoms with van der Waals surface area (Å²) in [5.41, 5.74) is 0. The molecule has 1 amide bonds. The second kappa shape index (κ2) is 7.92. The first-order valence-corrected chi connectivity index (χ1v) is 7.82. The van der Waals surface area contributed by atoms with E-state index in [-0.39, 0.29) is 12.0 Å². The predicted molar refractivity (Wildman–Crippen MR) is 78.8 cm³/mol. The molecule has 0 aromatic carbocycles. The lowest BCUT2D eigenvalue weighted by molar-refractivity contribution is -0.121. The van der Waals surface area contributed by atoms with Crippen molar-refractivity contribution in [3.8, 4) is 0 Å². The summed E-state index contributed by atoms with van der Waals surface area (Å²) in [7, 11) is 0. The van der Waals surface area contributed by atoms with E-state index in [2.05, 4.69) is 21.2 Å². The zero-order valence-electron chi connectivity index (χ0n) is 10.8. The van der Waals surface area contributed by atoms with Crippen LogP contribution in [-0.2, 0) is 11.2 Å². The molecule has 0 spiro atoms. The molecule has 0 saturated heterocycles. The van der Waals surface area contributed by atoms with Crippen LogP contribution in [0, 0.1) is 5.92 Å². The normalized spacial score (nSPS) is 14.2. The number of aliphatic hydroxyl groups excluding tert-OH is 1. The number of carbonyl (C=O) groups is 1. The first kappa shape index (κ1) is 15.7. The molecule has 102 valence electrons. The number of carbonyl (C=O) groups excluding carboxylic acids is 1. The number of amides is 1. The first-order chi connectivity index (χ1) is 8.47. The van der Waals surface area contributed by atoms with Crippen LogP contribution in [0.15, 0.2) is 15.9 Å². The summed E-state index contributed by atoms with van der Waals surface area (Å²) in [4.78, 5) is 12.8. The van der Waals surface area contributed by atoms with Crippen LogP contribution in [0.4, 0.5) is 0 Å². The lowest BCUT2D eigenvalue weighted by Crippen LogP contribution is -2.29. The molecule has 1 rings (SSSR count). The van der Waals surface area contributed by atoms with E-state index in [0.29, 0.717) is 18.9 Å². The first-order valence-electron chi connectivity index (χ1n) is 6.15. The van der Waals surface area contributed by atoms with E-state index in [0.717, 1.165) is 17.3 Å². The highest BCUT2D eigenvalue weighted by Gasteiger charge is 2.08. The SMILES string of the molecule is CC(O)CC(C)CNC(=O)CCc1cc(Br)cs1. The van der Waals surface area contributed by atoms with Crippen molar-refractivity contribution in [3.63, 3.8) is 0 Å². The van der Waals surface area contributed by atoms with Gasteiger partial charge in [-0.2, -0.15) is 0 Å². The monoisotopic (exact) mass is 333 g/mol. The minimum absolute atomic E-state index is 0.0805. The van der Waals surface area contributed by atoms with Crippen LogP contribution in [0.1, 0.15) is 31.6 Å². The average Bonchev–Trinajstić information content (AvgIpc) is 2.69. The minimum atomic E-state index is -0.305. The molecule has 0 aliphatic rings. The van der Waals surface area contributed by atoms with E-state index in [1.807, 2.05) is 18.4 Å². The van der Waals surface area contributed by atoms with Crippen LogP contribution >= 0.6 is 27.3 Å². The van der Waals surface area contributed by atoms with Crippen molar-refractivity contribution in [2.24, 2.45) is 5.92 Å². The Kier molecular flexibility index (Phi) is 6.89. The Hall–Kier alpha value is -0.390. The maximum absolute atomic E-state index is 11.6. The van der Waals surface area contributed by atoms with E-state index < -0.39 is 0 Å². The molecule has 18 heavy (non-hydrogen) atoms. The van der Waals surface area contributed by atoms with Gasteiger partial charge in [0.1, 0.15) is 0 Å². The summed E-state index contributed by atoms with van der Waals surface area (Å²) in [6.07, 6.45) is 1.72. The van der Waals surface area contributed by atoms with Gasteiger partial charge in [-0.3, -0.25) is 4.79 Å². The Morgan fingerprint density at radius 2 is 2.28 bits per heavy atom. The molecule has 5 heteroatoms. The van der Waals surface area contributed by atoms with E-state index in [1.165, 1.54) is 4.88 Å². The van der Waals surface area contributed by atoms with Crippen molar-refractivity contribution in [1.82, 2.24) is 5.32 Å². The third-order valence-corrected chi connectivity index (χ3v) is 4.37. The standard InChI is InChI=1S/C13H20BrNO2S/c1-9(5-10(2)16)7-15-13(17)4-3-12-6-11(14)8-18-12/h6,8-10,16H,3-5,7H2,1-2H3,(H,15,17). The topological polar surface area (TPSA) is 49.3 Å². The maximum atomic E-state index is 11.6. The number of thiophene rings is 1. The van der Waals surface area contributed by atoms with Gasteiger partial charge in [-0.1, -0.05) is 6.92 Å². The van der Waals surface area contributed by atoms with Crippen molar-refractivity contribution in [3.05, 3.63) is 20.8 Å². The fourth-order valence-corrected chi connectivity index (χ4v) is 3.22. The van der Waals surface area contributed by atoms with Crippen LogP contribution in [0.3, 0.4) is 0 Å². The van der Waals surface area contributed by atoms with E-state index >= 15 is 0 Å². The van der Waals surface area contributed by atoms with Crippen molar-refractivity contribution in [1.29, 1.82) is 0 Å². The van der Waals surface area contributed by atoms with Gasteiger partial charge in [0, 0.05) is 27.7 Å². The fraction of sp³-hybridized carbons (Fsp3) is 0.615. The van der Waals surface area contributed by atoms with Crippen LogP contribution in [-0.4, -0.2) is 23.7 Å². The van der Waals surface area contributed by atoms with Gasteiger partial charge in [-0.25, -0.2) is 0 Å². The predicted octanol–water partition coefficient (Wildman–Crippen LogP) is 2.97. The minimum Gasteiger partial charge on any atom is -0.393 e. The highest BCUT2D eigenvalue weighted by Crippen LogP contribution is 2.20. The summed E-state index contributed by atoms with van der Waals surface area (Å²) in [5, 5.41) is 14.2. The second-order valence-corrected chi connectivity index (χ2v) is 6.64. The number of hydrogen-bond acceptors (Lipinski definition) is 3.